The molecular formula is C43H56N4O5. The van der Waals surface area contributed by atoms with E-state index in [0.29, 0.717) is 25.9 Å². The number of amides is 3. The van der Waals surface area contributed by atoms with Gasteiger partial charge in [0, 0.05) is 19.5 Å². The normalized spacial score (nSPS) is 11.6. The lowest BCUT2D eigenvalue weighted by molar-refractivity contribution is -0.111. The highest BCUT2D eigenvalue weighted by atomic mass is 16.6. The number of hydrogen-bond acceptors (Lipinski definition) is 6. The zero-order chi connectivity index (χ0) is 36.8. The Hall–Kier alpha value is -4.89. The summed E-state index contributed by atoms with van der Waals surface area (Å²) in [5.74, 6) is 0. The Labute approximate surface area is 309 Å². The predicted octanol–water partition coefficient (Wildman–Crippen LogP) is 8.24. The maximum absolute atomic E-state index is 13.7. The van der Waals surface area contributed by atoms with E-state index in [-0.39, 0.29) is 13.2 Å². The molecule has 4 rings (SSSR count). The molecule has 9 nitrogen and oxygen atoms in total. The van der Waals surface area contributed by atoms with Crippen molar-refractivity contribution in [2.75, 3.05) is 33.2 Å². The van der Waals surface area contributed by atoms with Crippen molar-refractivity contribution in [3.63, 3.8) is 0 Å². The Bertz CT molecular complexity index is 1630. The molecule has 0 fully saturated rings. The van der Waals surface area contributed by atoms with Gasteiger partial charge in [-0.1, -0.05) is 123 Å². The minimum atomic E-state index is -0.586. The van der Waals surface area contributed by atoms with Crippen LogP contribution in [0.2, 0.25) is 0 Å². The first kappa shape index (κ1) is 39.9. The molecule has 0 aromatic heterocycles. The van der Waals surface area contributed by atoms with Crippen LogP contribution in [0, 0.1) is 0 Å². The molecule has 0 heterocycles. The number of ether oxygens (including phenoxy) is 2. The van der Waals surface area contributed by atoms with E-state index in [1.54, 1.807) is 4.90 Å². The number of nitrogens with one attached hydrogen (secondary N) is 2. The van der Waals surface area contributed by atoms with Crippen LogP contribution in [0.3, 0.4) is 0 Å². The van der Waals surface area contributed by atoms with Gasteiger partial charge in [0.2, 0.25) is 6.41 Å². The highest BCUT2D eigenvalue weighted by molar-refractivity contribution is 5.89. The van der Waals surface area contributed by atoms with Crippen LogP contribution in [0.1, 0.15) is 74.1 Å². The van der Waals surface area contributed by atoms with Crippen molar-refractivity contribution in [1.29, 1.82) is 0 Å². The fourth-order valence-electron chi connectivity index (χ4n) is 6.38. The van der Waals surface area contributed by atoms with Gasteiger partial charge < -0.3 is 25.0 Å². The average molecular weight is 709 g/mol. The molecule has 0 unspecified atom stereocenters. The molecule has 278 valence electrons. The number of carbonyl (C=O) groups excluding carboxylic acids is 3. The van der Waals surface area contributed by atoms with Crippen LogP contribution in [-0.4, -0.2) is 67.8 Å². The number of aryl methyl sites for hydroxylation is 1. The van der Waals surface area contributed by atoms with E-state index in [0.717, 1.165) is 72.7 Å². The van der Waals surface area contributed by atoms with E-state index in [2.05, 4.69) is 53.8 Å². The first-order valence-corrected chi connectivity index (χ1v) is 18.8. The smallest absolute Gasteiger partial charge is 0.411 e. The Kier molecular flexibility index (Phi) is 17.5. The van der Waals surface area contributed by atoms with E-state index >= 15 is 0 Å². The minimum absolute atomic E-state index is 0.156. The van der Waals surface area contributed by atoms with E-state index in [1.165, 1.54) is 24.8 Å². The fraction of sp³-hybridized carbons (Fsp3) is 0.419. The molecule has 0 saturated heterocycles. The first-order valence-electron chi connectivity index (χ1n) is 18.8. The van der Waals surface area contributed by atoms with Crippen LogP contribution in [0.5, 0.6) is 0 Å². The van der Waals surface area contributed by atoms with Gasteiger partial charge in [0.25, 0.3) is 0 Å². The molecule has 2 N–H and O–H groups in total. The molecule has 0 saturated carbocycles. The third-order valence-corrected chi connectivity index (χ3v) is 9.28. The molecule has 0 aliphatic carbocycles. The molecule has 0 radical (unpaired) electrons. The fourth-order valence-corrected chi connectivity index (χ4v) is 6.38. The summed E-state index contributed by atoms with van der Waals surface area (Å²) in [4.78, 5) is 41.8. The van der Waals surface area contributed by atoms with Crippen molar-refractivity contribution < 1.29 is 23.9 Å². The molecule has 9 heteroatoms. The number of nitrogens with zero attached hydrogens (tertiary/aromatic N) is 2. The van der Waals surface area contributed by atoms with Crippen molar-refractivity contribution in [1.82, 2.24) is 20.4 Å². The Balaban J connectivity index is 1.38. The van der Waals surface area contributed by atoms with Crippen LogP contribution in [0.4, 0.5) is 9.59 Å². The summed E-state index contributed by atoms with van der Waals surface area (Å²) in [5.41, 5.74) is 4.11. The number of carbonyl (C=O) groups is 3. The van der Waals surface area contributed by atoms with Crippen LogP contribution >= 0.6 is 0 Å². The van der Waals surface area contributed by atoms with Crippen molar-refractivity contribution in [3.8, 4) is 0 Å². The SMILES string of the molecule is CCCCCCN(C)CCCN(C(=O)OCc1ccccc1)[C@@H](Cc1ccc(CCCCNC(=O)OCc2ccccc2)c2ccccc12)NC=O. The van der Waals surface area contributed by atoms with E-state index in [9.17, 15) is 14.4 Å². The van der Waals surface area contributed by atoms with Crippen molar-refractivity contribution >= 4 is 29.4 Å². The lowest BCUT2D eigenvalue weighted by Gasteiger charge is -2.32. The van der Waals surface area contributed by atoms with Crippen LogP contribution < -0.4 is 10.6 Å². The van der Waals surface area contributed by atoms with E-state index in [1.807, 2.05) is 72.8 Å². The quantitative estimate of drug-likeness (QED) is 0.0458. The maximum Gasteiger partial charge on any atom is 0.411 e. The Morgan fingerprint density at radius 2 is 1.31 bits per heavy atom. The van der Waals surface area contributed by atoms with Gasteiger partial charge >= 0.3 is 12.2 Å². The predicted molar refractivity (Wildman–Crippen MR) is 208 cm³/mol. The monoisotopic (exact) mass is 708 g/mol. The van der Waals surface area contributed by atoms with Gasteiger partial charge in [-0.3, -0.25) is 9.69 Å². The molecule has 0 bridgehead atoms. The third-order valence-electron chi connectivity index (χ3n) is 9.28. The first-order chi connectivity index (χ1) is 25.5. The number of benzene rings is 4. The lowest BCUT2D eigenvalue weighted by Crippen LogP contribution is -2.50. The van der Waals surface area contributed by atoms with Gasteiger partial charge in [-0.2, -0.15) is 0 Å². The van der Waals surface area contributed by atoms with Gasteiger partial charge in [0.1, 0.15) is 19.4 Å². The highest BCUT2D eigenvalue weighted by Gasteiger charge is 2.26. The number of fused-ring (bicyclic) bond motifs is 1. The summed E-state index contributed by atoms with van der Waals surface area (Å²) in [5, 5.41) is 8.02. The molecule has 0 aliphatic heterocycles. The molecule has 4 aromatic carbocycles. The van der Waals surface area contributed by atoms with Crippen molar-refractivity contribution in [2.24, 2.45) is 0 Å². The van der Waals surface area contributed by atoms with Gasteiger partial charge in [0.05, 0.1) is 0 Å². The summed E-state index contributed by atoms with van der Waals surface area (Å²) >= 11 is 0. The molecule has 4 aromatic rings. The Morgan fingerprint density at radius 3 is 1.98 bits per heavy atom. The lowest BCUT2D eigenvalue weighted by atomic mass is 9.94. The number of hydrogen-bond donors (Lipinski definition) is 2. The summed E-state index contributed by atoms with van der Waals surface area (Å²) in [6.45, 7) is 5.46. The molecule has 0 aliphatic rings. The van der Waals surface area contributed by atoms with E-state index < -0.39 is 18.4 Å². The highest BCUT2D eigenvalue weighted by Crippen LogP contribution is 2.26. The molecular weight excluding hydrogens is 652 g/mol. The maximum atomic E-state index is 13.7. The van der Waals surface area contributed by atoms with Gasteiger partial charge in [0.15, 0.2) is 0 Å². The standard InChI is InChI=1S/C43H56N4O5/c1-3-4-5-16-28-46(2)29-17-30-47(43(50)52-33-36-20-10-7-11-21-36)41(45-34-48)31-38-26-25-37(39-23-12-13-24-40(38)39)22-14-15-27-44-42(49)51-32-35-18-8-6-9-19-35/h6-13,18-21,23-26,34,41H,3-5,14-17,22,27-33H2,1-2H3,(H,44,49)(H,45,48)/t41-/m0/s1. The average Bonchev–Trinajstić information content (AvgIpc) is 3.17. The van der Waals surface area contributed by atoms with Gasteiger partial charge in [-0.05, 0) is 85.3 Å². The van der Waals surface area contributed by atoms with Crippen LogP contribution in [0.15, 0.2) is 97.1 Å². The second-order valence-corrected chi connectivity index (χ2v) is 13.3. The van der Waals surface area contributed by atoms with E-state index in [4.69, 9.17) is 9.47 Å². The second-order valence-electron chi connectivity index (χ2n) is 13.3. The molecule has 52 heavy (non-hydrogen) atoms. The number of unbranched alkanes of at least 4 members (excludes halogenated alkanes) is 4. The van der Waals surface area contributed by atoms with Gasteiger partial charge in [-0.25, -0.2) is 9.59 Å². The van der Waals surface area contributed by atoms with Crippen molar-refractivity contribution in [2.45, 2.75) is 84.1 Å². The third kappa shape index (κ3) is 13.7. The van der Waals surface area contributed by atoms with Crippen molar-refractivity contribution in [3.05, 3.63) is 119 Å². The Morgan fingerprint density at radius 1 is 0.692 bits per heavy atom. The molecule has 3 amide bonds. The minimum Gasteiger partial charge on any atom is -0.445 e. The number of rotatable bonds is 23. The zero-order valence-electron chi connectivity index (χ0n) is 30.9. The van der Waals surface area contributed by atoms with Crippen LogP contribution in [-0.2, 0) is 40.3 Å². The largest absolute Gasteiger partial charge is 0.445 e. The second kappa shape index (κ2) is 22.8. The van der Waals surface area contributed by atoms with Gasteiger partial charge in [-0.15, -0.1) is 0 Å². The number of alkyl carbamates (subject to hydrolysis) is 1. The summed E-state index contributed by atoms with van der Waals surface area (Å²) in [6, 6.07) is 31.8. The summed E-state index contributed by atoms with van der Waals surface area (Å²) < 4.78 is 11.1. The molecule has 1 atom stereocenters. The molecule has 0 spiro atoms. The summed E-state index contributed by atoms with van der Waals surface area (Å²) in [6.07, 6.45) is 7.80. The topological polar surface area (TPSA) is 100 Å². The zero-order valence-corrected chi connectivity index (χ0v) is 30.9. The van der Waals surface area contributed by atoms with Crippen LogP contribution in [0.25, 0.3) is 10.8 Å². The summed E-state index contributed by atoms with van der Waals surface area (Å²) in [7, 11) is 2.12.